The van der Waals surface area contributed by atoms with Gasteiger partial charge < -0.3 is 10.6 Å². The molecule has 0 aromatic heterocycles. The number of carbonyl (C=O) groups is 1. The number of rotatable bonds is 6. The first-order valence-electron chi connectivity index (χ1n) is 7.66. The van der Waals surface area contributed by atoms with Crippen molar-refractivity contribution in [3.63, 3.8) is 0 Å². The second kappa shape index (κ2) is 8.22. The molecule has 122 valence electrons. The third-order valence-corrected chi connectivity index (χ3v) is 4.31. The maximum absolute atomic E-state index is 12.9. The minimum absolute atomic E-state index is 0.0906. The van der Waals surface area contributed by atoms with E-state index in [0.29, 0.717) is 5.69 Å². The lowest BCUT2D eigenvalue weighted by molar-refractivity contribution is -0.713. The molecule has 3 N–H and O–H groups in total. The van der Waals surface area contributed by atoms with Crippen LogP contribution in [0.2, 0.25) is 0 Å². The highest BCUT2D eigenvalue weighted by Gasteiger charge is 2.22. The van der Waals surface area contributed by atoms with Gasteiger partial charge in [-0.15, -0.1) is 0 Å². The molecule has 2 aromatic carbocycles. The van der Waals surface area contributed by atoms with Crippen LogP contribution in [0.5, 0.6) is 0 Å². The lowest BCUT2D eigenvalue weighted by Crippen LogP contribution is -2.92. The first-order valence-corrected chi connectivity index (χ1v) is 8.45. The number of benzene rings is 2. The number of halogens is 2. The number of nitrogens with two attached hydrogens (primary N) is 1. The molecule has 0 bridgehead atoms. The summed E-state index contributed by atoms with van der Waals surface area (Å²) in [4.78, 5) is 12.3. The second-order valence-electron chi connectivity index (χ2n) is 5.54. The number of anilines is 1. The van der Waals surface area contributed by atoms with Gasteiger partial charge in [0.1, 0.15) is 11.9 Å². The van der Waals surface area contributed by atoms with E-state index in [4.69, 9.17) is 0 Å². The van der Waals surface area contributed by atoms with E-state index >= 15 is 0 Å². The standard InChI is InChI=1S/C18H20BrFN2O/c1-3-17(13-4-6-14(19)7-5-13)21-12(2)18(23)22-16-10-8-15(20)9-11-16/h4-12,17,21H,3H2,1-2H3,(H,22,23)/p+1/t12-,17-/m0/s1. The molecule has 0 fully saturated rings. The first-order chi connectivity index (χ1) is 11.0. The largest absolute Gasteiger partial charge is 0.330 e. The molecule has 23 heavy (non-hydrogen) atoms. The van der Waals surface area contributed by atoms with Crippen molar-refractivity contribution < 1.29 is 14.5 Å². The molecule has 0 spiro atoms. The minimum atomic E-state index is -0.316. The Bertz CT molecular complexity index is 643. The molecule has 0 saturated carbocycles. The molecule has 0 unspecified atom stereocenters. The molecule has 2 aromatic rings. The predicted molar refractivity (Wildman–Crippen MR) is 93.6 cm³/mol. The van der Waals surface area contributed by atoms with E-state index in [1.807, 2.05) is 19.1 Å². The highest BCUT2D eigenvalue weighted by molar-refractivity contribution is 9.10. The Labute approximate surface area is 144 Å². The molecule has 0 saturated heterocycles. The summed E-state index contributed by atoms with van der Waals surface area (Å²) in [6, 6.07) is 13.9. The molecule has 0 aliphatic carbocycles. The maximum Gasteiger partial charge on any atom is 0.282 e. The van der Waals surface area contributed by atoms with Crippen LogP contribution >= 0.6 is 15.9 Å². The summed E-state index contributed by atoms with van der Waals surface area (Å²) in [5.41, 5.74) is 1.80. The fourth-order valence-corrected chi connectivity index (χ4v) is 2.68. The Hall–Kier alpha value is -1.72. The number of nitrogens with one attached hydrogen (secondary N) is 1. The number of quaternary nitrogens is 1. The zero-order valence-electron chi connectivity index (χ0n) is 13.2. The van der Waals surface area contributed by atoms with Gasteiger partial charge in [-0.05, 0) is 43.3 Å². The lowest BCUT2D eigenvalue weighted by Gasteiger charge is -2.19. The minimum Gasteiger partial charge on any atom is -0.330 e. The summed E-state index contributed by atoms with van der Waals surface area (Å²) < 4.78 is 13.9. The highest BCUT2D eigenvalue weighted by atomic mass is 79.9. The Kier molecular flexibility index (Phi) is 6.30. The number of carbonyl (C=O) groups excluding carboxylic acids is 1. The van der Waals surface area contributed by atoms with E-state index in [0.717, 1.165) is 10.9 Å². The summed E-state index contributed by atoms with van der Waals surface area (Å²) >= 11 is 3.43. The van der Waals surface area contributed by atoms with E-state index in [1.54, 1.807) is 12.1 Å². The van der Waals surface area contributed by atoms with Crippen molar-refractivity contribution in [3.8, 4) is 0 Å². The Balaban J connectivity index is 1.98. The summed E-state index contributed by atoms with van der Waals surface area (Å²) in [7, 11) is 0. The van der Waals surface area contributed by atoms with Crippen LogP contribution in [0.25, 0.3) is 0 Å². The molecular formula is C18H21BrFN2O+. The van der Waals surface area contributed by atoms with E-state index in [1.165, 1.54) is 17.7 Å². The molecule has 2 rings (SSSR count). The number of hydrogen-bond donors (Lipinski definition) is 2. The van der Waals surface area contributed by atoms with Gasteiger partial charge in [-0.3, -0.25) is 4.79 Å². The average molecular weight is 380 g/mol. The maximum atomic E-state index is 12.9. The molecular weight excluding hydrogens is 359 g/mol. The molecule has 0 aliphatic rings. The molecule has 1 amide bonds. The first kappa shape index (κ1) is 17.6. The van der Waals surface area contributed by atoms with Crippen molar-refractivity contribution in [2.24, 2.45) is 0 Å². The van der Waals surface area contributed by atoms with Gasteiger partial charge >= 0.3 is 0 Å². The number of hydrogen-bond acceptors (Lipinski definition) is 1. The van der Waals surface area contributed by atoms with Gasteiger partial charge in [-0.1, -0.05) is 35.0 Å². The van der Waals surface area contributed by atoms with E-state index in [-0.39, 0.29) is 23.8 Å². The topological polar surface area (TPSA) is 45.7 Å². The van der Waals surface area contributed by atoms with Gasteiger partial charge in [0, 0.05) is 22.1 Å². The van der Waals surface area contributed by atoms with Crippen molar-refractivity contribution in [1.29, 1.82) is 0 Å². The van der Waals surface area contributed by atoms with Crippen molar-refractivity contribution in [2.45, 2.75) is 32.4 Å². The van der Waals surface area contributed by atoms with Crippen LogP contribution in [0.15, 0.2) is 53.0 Å². The van der Waals surface area contributed by atoms with E-state index < -0.39 is 0 Å². The molecule has 0 radical (unpaired) electrons. The van der Waals surface area contributed by atoms with Crippen LogP contribution in [0.3, 0.4) is 0 Å². The van der Waals surface area contributed by atoms with Crippen LogP contribution in [0.1, 0.15) is 31.9 Å². The van der Waals surface area contributed by atoms with Crippen molar-refractivity contribution in [3.05, 3.63) is 64.4 Å². The third kappa shape index (κ3) is 5.15. The predicted octanol–water partition coefficient (Wildman–Crippen LogP) is 3.63. The van der Waals surface area contributed by atoms with Crippen molar-refractivity contribution in [1.82, 2.24) is 0 Å². The van der Waals surface area contributed by atoms with Gasteiger partial charge in [-0.2, -0.15) is 0 Å². The van der Waals surface area contributed by atoms with Crippen molar-refractivity contribution >= 4 is 27.5 Å². The SMILES string of the molecule is CC[C@H]([NH2+][C@@H](C)C(=O)Nc1ccc(F)cc1)c1ccc(Br)cc1. The van der Waals surface area contributed by atoms with Crippen LogP contribution in [0.4, 0.5) is 10.1 Å². The Morgan fingerprint density at radius 3 is 2.35 bits per heavy atom. The molecule has 0 aliphatic heterocycles. The molecule has 2 atom stereocenters. The Morgan fingerprint density at radius 2 is 1.78 bits per heavy atom. The van der Waals surface area contributed by atoms with Crippen LogP contribution in [-0.2, 0) is 4.79 Å². The summed E-state index contributed by atoms with van der Waals surface area (Å²) in [5, 5.41) is 4.87. The highest BCUT2D eigenvalue weighted by Crippen LogP contribution is 2.16. The lowest BCUT2D eigenvalue weighted by atomic mass is 10.0. The summed E-state index contributed by atoms with van der Waals surface area (Å²) in [6.07, 6.45) is 0.926. The quantitative estimate of drug-likeness (QED) is 0.790. The van der Waals surface area contributed by atoms with Gasteiger partial charge in [0.05, 0.1) is 0 Å². The normalized spacial score (nSPS) is 13.4. The fourth-order valence-electron chi connectivity index (χ4n) is 2.42. The second-order valence-corrected chi connectivity index (χ2v) is 6.46. The van der Waals surface area contributed by atoms with E-state index in [9.17, 15) is 9.18 Å². The fraction of sp³-hybridized carbons (Fsp3) is 0.278. The summed E-state index contributed by atoms with van der Waals surface area (Å²) in [6.45, 7) is 3.98. The molecule has 3 nitrogen and oxygen atoms in total. The average Bonchev–Trinajstić information content (AvgIpc) is 2.55. The van der Waals surface area contributed by atoms with Crippen LogP contribution in [0, 0.1) is 5.82 Å². The third-order valence-electron chi connectivity index (χ3n) is 3.78. The summed E-state index contributed by atoms with van der Waals surface area (Å²) in [5.74, 6) is -0.406. The molecule has 0 heterocycles. The van der Waals surface area contributed by atoms with E-state index in [2.05, 4.69) is 45.6 Å². The van der Waals surface area contributed by atoms with Gasteiger partial charge in [0.15, 0.2) is 6.04 Å². The smallest absolute Gasteiger partial charge is 0.282 e. The van der Waals surface area contributed by atoms with Gasteiger partial charge in [-0.25, -0.2) is 4.39 Å². The monoisotopic (exact) mass is 379 g/mol. The van der Waals surface area contributed by atoms with Gasteiger partial charge in [0.2, 0.25) is 0 Å². The Morgan fingerprint density at radius 1 is 1.17 bits per heavy atom. The molecule has 5 heteroatoms. The van der Waals surface area contributed by atoms with Crippen LogP contribution < -0.4 is 10.6 Å². The zero-order chi connectivity index (χ0) is 16.8. The van der Waals surface area contributed by atoms with Crippen molar-refractivity contribution in [2.75, 3.05) is 5.32 Å². The zero-order valence-corrected chi connectivity index (χ0v) is 14.8. The number of amides is 1. The van der Waals surface area contributed by atoms with Gasteiger partial charge in [0.25, 0.3) is 5.91 Å². The van der Waals surface area contributed by atoms with Crippen LogP contribution in [-0.4, -0.2) is 11.9 Å².